The fourth-order valence-corrected chi connectivity index (χ4v) is 7.31. The van der Waals surface area contributed by atoms with Crippen LogP contribution in [0.5, 0.6) is 6.01 Å². The molecule has 0 bridgehead atoms. The lowest BCUT2D eigenvalue weighted by Crippen LogP contribution is -2.13. The number of carboxylic acid groups (broad SMARTS) is 4. The molecule has 5 heterocycles. The summed E-state index contributed by atoms with van der Waals surface area (Å²) in [5.41, 5.74) is 11.4. The minimum Gasteiger partial charge on any atom is -0.479 e. The number of rotatable bonds is 16. The van der Waals surface area contributed by atoms with Crippen molar-refractivity contribution in [2.45, 2.75) is 30.6 Å². The van der Waals surface area contributed by atoms with E-state index in [0.717, 1.165) is 55.4 Å². The number of carboxylic acids is 4. The maximum absolute atomic E-state index is 12.8. The molecule has 0 amide bonds. The van der Waals surface area contributed by atoms with Crippen LogP contribution in [0.2, 0.25) is 0 Å². The smallest absolute Gasteiger partial charge is 0.335 e. The first-order valence-electron chi connectivity index (χ1n) is 18.6. The number of benzene rings is 2. The summed E-state index contributed by atoms with van der Waals surface area (Å²) >= 11 is 0.673. The Kier molecular flexibility index (Phi) is 12.5. The van der Waals surface area contributed by atoms with E-state index in [2.05, 4.69) is 55.8 Å². The largest absolute Gasteiger partial charge is 0.479 e. The first kappa shape index (κ1) is 47.0. The van der Waals surface area contributed by atoms with E-state index in [1.165, 1.54) is 33.1 Å². The highest BCUT2D eigenvalue weighted by molar-refractivity contribution is 7.94. The average molecular weight is 974 g/mol. The summed E-state index contributed by atoms with van der Waals surface area (Å²) < 4.78 is 34.5. The van der Waals surface area contributed by atoms with Gasteiger partial charge in [0.25, 0.3) is 11.9 Å². The fraction of sp³-hybridized carbons (Fsp3) is 0.139. The molecule has 2 aromatic carbocycles. The second-order valence-corrected chi connectivity index (χ2v) is 16.5. The van der Waals surface area contributed by atoms with Crippen molar-refractivity contribution in [2.24, 2.45) is 20.5 Å². The number of hydrogen-bond donors (Lipinski definition) is 7. The number of aryl methyl sites for hydroxylation is 3. The molecule has 7 aromatic rings. The molecule has 0 saturated heterocycles. The van der Waals surface area contributed by atoms with Crippen LogP contribution in [-0.4, -0.2) is 125 Å². The fourth-order valence-electron chi connectivity index (χ4n) is 6.12. The third kappa shape index (κ3) is 9.12. The van der Waals surface area contributed by atoms with E-state index in [0.29, 0.717) is 12.0 Å². The van der Waals surface area contributed by atoms with Crippen LogP contribution in [0, 0.1) is 20.8 Å². The summed E-state index contributed by atoms with van der Waals surface area (Å²) in [7, 11) is -2.84. The van der Waals surface area contributed by atoms with E-state index >= 15 is 0 Å². The highest BCUT2D eigenvalue weighted by Crippen LogP contribution is 2.39. The van der Waals surface area contributed by atoms with E-state index < -0.39 is 73.5 Å². The molecular formula is C36H31N17O13S2. The number of nitrogen functional groups attached to an aromatic ring is 2. The molecule has 0 saturated carbocycles. The van der Waals surface area contributed by atoms with Gasteiger partial charge in [0.15, 0.2) is 44.5 Å². The number of hydrogen-bond acceptors (Lipinski definition) is 23. The van der Waals surface area contributed by atoms with Crippen LogP contribution in [0.15, 0.2) is 72.8 Å². The Morgan fingerprint density at radius 2 is 1.06 bits per heavy atom. The molecule has 9 N–H and O–H groups in total. The molecule has 0 spiro atoms. The van der Waals surface area contributed by atoms with E-state index in [4.69, 9.17) is 20.7 Å². The highest BCUT2D eigenvalue weighted by atomic mass is 32.2. The highest BCUT2D eigenvalue weighted by Gasteiger charge is 2.26. The molecule has 0 radical (unpaired) electrons. The second-order valence-electron chi connectivity index (χ2n) is 13.8. The third-order valence-electron chi connectivity index (χ3n) is 9.19. The normalized spacial score (nSPS) is 11.8. The van der Waals surface area contributed by atoms with Crippen LogP contribution in [0.25, 0.3) is 23.3 Å². The molecule has 7 rings (SSSR count). The number of nitrogens with zero attached hydrogens (tertiary/aromatic N) is 15. The number of nitrogens with two attached hydrogens (primary N) is 2. The Bertz CT molecular complexity index is 3360. The third-order valence-corrected chi connectivity index (χ3v) is 11.1. The SMILES string of the molecule is COOSc1c(C)nn(-c2cc(C(=O)O)cc(C(=O)O)c2)c1N=Nc1c(C)nn(-c2nc(O)nc(-n3nc(C)c(N=Nc4c(S(C)(=O)=O)cnn4-c4cc(C(=O)O)cc(C(=O)O)c4)c3N)n2)c1N. The van der Waals surface area contributed by atoms with Gasteiger partial charge in [-0.25, -0.2) is 41.8 Å². The van der Waals surface area contributed by atoms with Crippen molar-refractivity contribution < 1.29 is 62.3 Å². The monoisotopic (exact) mass is 973 g/mol. The Balaban J connectivity index is 1.27. The molecule has 0 fully saturated rings. The van der Waals surface area contributed by atoms with E-state index in [1.807, 2.05) is 0 Å². The van der Waals surface area contributed by atoms with Crippen molar-refractivity contribution in [3.05, 3.63) is 81.9 Å². The predicted octanol–water partition coefficient (Wildman–Crippen LogP) is 4.02. The molecule has 0 unspecified atom stereocenters. The van der Waals surface area contributed by atoms with E-state index in [1.54, 1.807) is 6.92 Å². The molecule has 68 heavy (non-hydrogen) atoms. The molecule has 32 heteroatoms. The standard InChI is InChI=1S/C36H31N17O13S2/c1-13-23(43-45-28-22(68(5,63)64)12-39-50(28)20-8-16(30(54)55)6-17(9-20)31(56)57)26(37)52(47-13)34-40-35(42-36(62)41-34)53-27(38)24(14(2)48-53)44-46-29-25(67-66-65-4)15(3)49-51(29)21-10-18(32(58)59)7-19(11-21)33(60)61/h6-12H,37-38H2,1-5H3,(H,54,55)(H,56,57)(H,58,59)(H,60,61)(H,40,41,42,62). The van der Waals surface area contributed by atoms with Gasteiger partial charge in [-0.15, -0.1) is 20.5 Å². The number of sulfone groups is 1. The molecule has 350 valence electrons. The molecule has 0 aliphatic rings. The van der Waals surface area contributed by atoms with Crippen molar-refractivity contribution in [2.75, 3.05) is 24.8 Å². The van der Waals surface area contributed by atoms with Gasteiger partial charge >= 0.3 is 29.9 Å². The lowest BCUT2D eigenvalue weighted by molar-refractivity contribution is -0.160. The maximum atomic E-state index is 12.8. The van der Waals surface area contributed by atoms with Gasteiger partial charge in [0.1, 0.15) is 9.79 Å². The van der Waals surface area contributed by atoms with E-state index in [-0.39, 0.29) is 73.3 Å². The average Bonchev–Trinajstić information content (AvgIpc) is 4.01. The van der Waals surface area contributed by atoms with Crippen molar-refractivity contribution in [3.8, 4) is 29.3 Å². The van der Waals surface area contributed by atoms with E-state index in [9.17, 15) is 53.1 Å². The summed E-state index contributed by atoms with van der Waals surface area (Å²) in [6.45, 7) is 4.49. The zero-order valence-corrected chi connectivity index (χ0v) is 36.9. The van der Waals surface area contributed by atoms with Gasteiger partial charge in [-0.2, -0.15) is 49.0 Å². The van der Waals surface area contributed by atoms with Gasteiger partial charge in [0.2, 0.25) is 0 Å². The molecule has 0 aliphatic heterocycles. The summed E-state index contributed by atoms with van der Waals surface area (Å²) in [6.07, 6.45) is 1.76. The van der Waals surface area contributed by atoms with Crippen LogP contribution >= 0.6 is 12.0 Å². The molecule has 0 atom stereocenters. The lowest BCUT2D eigenvalue weighted by Gasteiger charge is -2.08. The minimum absolute atomic E-state index is 0.0143. The zero-order valence-electron chi connectivity index (χ0n) is 35.2. The summed E-state index contributed by atoms with van der Waals surface area (Å²) in [5.74, 6) is -7.68. The van der Waals surface area contributed by atoms with Crippen LogP contribution in [0.1, 0.15) is 58.5 Å². The zero-order chi connectivity index (χ0) is 49.5. The Morgan fingerprint density at radius 1 is 0.632 bits per heavy atom. The lowest BCUT2D eigenvalue weighted by atomic mass is 10.1. The Morgan fingerprint density at radius 3 is 1.49 bits per heavy atom. The van der Waals surface area contributed by atoms with Gasteiger partial charge in [0, 0.05) is 6.26 Å². The topological polar surface area (TPSA) is 433 Å². The van der Waals surface area contributed by atoms with Crippen LogP contribution < -0.4 is 11.5 Å². The van der Waals surface area contributed by atoms with Gasteiger partial charge in [0.05, 0.1) is 76.1 Å². The van der Waals surface area contributed by atoms with Crippen LogP contribution in [0.4, 0.5) is 34.6 Å². The number of aromatic carboxylic acids is 4. The van der Waals surface area contributed by atoms with Crippen molar-refractivity contribution in [3.63, 3.8) is 0 Å². The molecule has 0 aliphatic carbocycles. The molecular weight excluding hydrogens is 943 g/mol. The van der Waals surface area contributed by atoms with Gasteiger partial charge in [-0.3, -0.25) is 0 Å². The first-order valence-corrected chi connectivity index (χ1v) is 21.2. The van der Waals surface area contributed by atoms with Crippen LogP contribution in [0.3, 0.4) is 0 Å². The van der Waals surface area contributed by atoms with Gasteiger partial charge < -0.3 is 37.0 Å². The maximum Gasteiger partial charge on any atom is 0.335 e. The molecule has 5 aromatic heterocycles. The van der Waals surface area contributed by atoms with Gasteiger partial charge in [-0.05, 0) is 57.2 Å². The Hall–Kier alpha value is -9.01. The number of carbonyl (C=O) groups is 4. The van der Waals surface area contributed by atoms with Crippen molar-refractivity contribution >= 4 is 80.4 Å². The quantitative estimate of drug-likeness (QED) is 0.0311. The first-order chi connectivity index (χ1) is 32.1. The number of aromatic nitrogens is 11. The predicted molar refractivity (Wildman–Crippen MR) is 229 cm³/mol. The summed E-state index contributed by atoms with van der Waals surface area (Å²) in [5, 5.41) is 83.0. The number of anilines is 2. The number of aromatic hydroxyl groups is 1. The summed E-state index contributed by atoms with van der Waals surface area (Å²) in [6, 6.07) is 5.43. The van der Waals surface area contributed by atoms with Crippen LogP contribution in [-0.2, 0) is 19.1 Å². The Labute approximate surface area is 382 Å². The summed E-state index contributed by atoms with van der Waals surface area (Å²) in [4.78, 5) is 64.0. The minimum atomic E-state index is -4.08. The van der Waals surface area contributed by atoms with Crippen molar-refractivity contribution in [1.29, 1.82) is 0 Å². The number of azo groups is 2. The molecule has 30 nitrogen and oxygen atoms in total. The van der Waals surface area contributed by atoms with Gasteiger partial charge in [-0.1, -0.05) is 0 Å². The second kappa shape index (κ2) is 18.1. The van der Waals surface area contributed by atoms with Crippen molar-refractivity contribution in [1.82, 2.24) is 54.1 Å².